The molecule has 1 fully saturated rings. The van der Waals surface area contributed by atoms with Crippen LogP contribution in [0.1, 0.15) is 32.8 Å². The number of carbonyl (C=O) groups excluding carboxylic acids is 2. The first-order chi connectivity index (χ1) is 10.4. The highest BCUT2D eigenvalue weighted by atomic mass is 16.1. The van der Waals surface area contributed by atoms with E-state index in [2.05, 4.69) is 19.2 Å². The standard InChI is InChI=1S/C19H21NO2/c1-12(21)17-15(11-14-18(17)19(14,2)3)20-16(22)10-9-13-7-5-4-6-8-13/h4-10,14,18H,11H2,1-3H3,(H,20,22)/b10-9+/t14-,18-/m0/s1. The summed E-state index contributed by atoms with van der Waals surface area (Å²) in [7, 11) is 0. The molecule has 3 nitrogen and oxygen atoms in total. The van der Waals surface area contributed by atoms with Crippen LogP contribution in [-0.4, -0.2) is 11.7 Å². The molecule has 0 aliphatic heterocycles. The topological polar surface area (TPSA) is 46.2 Å². The van der Waals surface area contributed by atoms with Gasteiger partial charge in [-0.25, -0.2) is 0 Å². The SMILES string of the molecule is CC(=O)C1=C(NC(=O)/C=C/c2ccccc2)C[C@H]2[C@@H]1C2(C)C. The summed E-state index contributed by atoms with van der Waals surface area (Å²) in [6, 6.07) is 9.68. The minimum absolute atomic E-state index is 0.0837. The molecule has 0 heterocycles. The second-order valence-corrected chi connectivity index (χ2v) is 6.79. The predicted molar refractivity (Wildman–Crippen MR) is 86.7 cm³/mol. The van der Waals surface area contributed by atoms with Gasteiger partial charge in [0, 0.05) is 17.3 Å². The van der Waals surface area contributed by atoms with Crippen LogP contribution in [0.5, 0.6) is 0 Å². The summed E-state index contributed by atoms with van der Waals surface area (Å²) in [6.07, 6.45) is 4.11. The fourth-order valence-corrected chi connectivity index (χ4v) is 3.69. The summed E-state index contributed by atoms with van der Waals surface area (Å²) in [5.41, 5.74) is 2.84. The second-order valence-electron chi connectivity index (χ2n) is 6.79. The van der Waals surface area contributed by atoms with E-state index in [0.717, 1.165) is 23.3 Å². The second kappa shape index (κ2) is 5.24. The molecule has 3 rings (SSSR count). The van der Waals surface area contributed by atoms with Gasteiger partial charge in [-0.3, -0.25) is 9.59 Å². The number of fused-ring (bicyclic) bond motifs is 1. The van der Waals surface area contributed by atoms with Gasteiger partial charge in [0.05, 0.1) is 0 Å². The summed E-state index contributed by atoms with van der Waals surface area (Å²) in [4.78, 5) is 24.0. The largest absolute Gasteiger partial charge is 0.326 e. The first kappa shape index (κ1) is 14.8. The minimum Gasteiger partial charge on any atom is -0.326 e. The number of carbonyl (C=O) groups is 2. The lowest BCUT2D eigenvalue weighted by Crippen LogP contribution is -2.24. The minimum atomic E-state index is -0.170. The number of ketones is 1. The maximum Gasteiger partial charge on any atom is 0.248 e. The van der Waals surface area contributed by atoms with Gasteiger partial charge in [0.2, 0.25) is 5.91 Å². The third-order valence-corrected chi connectivity index (χ3v) is 4.99. The Kier molecular flexibility index (Phi) is 3.51. The van der Waals surface area contributed by atoms with Gasteiger partial charge in [-0.2, -0.15) is 0 Å². The molecule has 0 saturated heterocycles. The molecule has 2 aliphatic carbocycles. The quantitative estimate of drug-likeness (QED) is 0.866. The third kappa shape index (κ3) is 2.52. The average Bonchev–Trinajstić information content (AvgIpc) is 2.85. The molecular weight excluding hydrogens is 274 g/mol. The molecule has 0 unspecified atom stereocenters. The van der Waals surface area contributed by atoms with Gasteiger partial charge in [0.15, 0.2) is 5.78 Å². The number of hydrogen-bond donors (Lipinski definition) is 1. The van der Waals surface area contributed by atoms with Gasteiger partial charge in [0.1, 0.15) is 0 Å². The van der Waals surface area contributed by atoms with Crippen LogP contribution in [0.2, 0.25) is 0 Å². The molecule has 114 valence electrons. The van der Waals surface area contributed by atoms with Crippen LogP contribution in [0.3, 0.4) is 0 Å². The monoisotopic (exact) mass is 295 g/mol. The van der Waals surface area contributed by atoms with Gasteiger partial charge in [0.25, 0.3) is 0 Å². The summed E-state index contributed by atoms with van der Waals surface area (Å²) < 4.78 is 0. The van der Waals surface area contributed by atoms with E-state index < -0.39 is 0 Å². The van der Waals surface area contributed by atoms with Crippen LogP contribution in [-0.2, 0) is 9.59 Å². The Balaban J connectivity index is 1.71. The van der Waals surface area contributed by atoms with Crippen LogP contribution in [0.15, 0.2) is 47.7 Å². The van der Waals surface area contributed by atoms with Crippen LogP contribution in [0.4, 0.5) is 0 Å². The highest BCUT2D eigenvalue weighted by Gasteiger charge is 2.63. The molecule has 1 aromatic carbocycles. The van der Waals surface area contributed by atoms with E-state index in [0.29, 0.717) is 11.8 Å². The molecule has 1 saturated carbocycles. The van der Waals surface area contributed by atoms with Crippen molar-refractivity contribution in [3.8, 4) is 0 Å². The maximum atomic E-state index is 12.1. The Bertz CT molecular complexity index is 683. The number of allylic oxidation sites excluding steroid dienone is 2. The van der Waals surface area contributed by atoms with Crippen molar-refractivity contribution in [3.05, 3.63) is 53.2 Å². The smallest absolute Gasteiger partial charge is 0.248 e. The zero-order valence-electron chi connectivity index (χ0n) is 13.2. The molecule has 0 spiro atoms. The summed E-state index contributed by atoms with van der Waals surface area (Å²) in [5.74, 6) is 0.732. The van der Waals surface area contributed by atoms with Crippen molar-refractivity contribution >= 4 is 17.8 Å². The molecule has 2 aliphatic rings. The Morgan fingerprint density at radius 2 is 1.91 bits per heavy atom. The first-order valence-electron chi connectivity index (χ1n) is 7.69. The molecule has 3 heteroatoms. The lowest BCUT2D eigenvalue weighted by atomic mass is 9.96. The van der Waals surface area contributed by atoms with E-state index in [4.69, 9.17) is 0 Å². The van der Waals surface area contributed by atoms with E-state index in [1.54, 1.807) is 13.0 Å². The normalized spacial score (nSPS) is 25.2. The fraction of sp³-hybridized carbons (Fsp3) is 0.368. The number of rotatable bonds is 4. The third-order valence-electron chi connectivity index (χ3n) is 4.99. The van der Waals surface area contributed by atoms with Crippen LogP contribution in [0, 0.1) is 17.3 Å². The van der Waals surface area contributed by atoms with E-state index in [9.17, 15) is 9.59 Å². The van der Waals surface area contributed by atoms with Gasteiger partial charge in [-0.05, 0) is 42.2 Å². The first-order valence-corrected chi connectivity index (χ1v) is 7.69. The number of benzene rings is 1. The van der Waals surface area contributed by atoms with Crippen molar-refractivity contribution in [2.45, 2.75) is 27.2 Å². The highest BCUT2D eigenvalue weighted by Crippen LogP contribution is 2.68. The lowest BCUT2D eigenvalue weighted by molar-refractivity contribution is -0.115. The number of hydrogen-bond acceptors (Lipinski definition) is 2. The van der Waals surface area contributed by atoms with Gasteiger partial charge >= 0.3 is 0 Å². The molecule has 2 atom stereocenters. The lowest BCUT2D eigenvalue weighted by Gasteiger charge is -2.14. The molecule has 1 aromatic rings. The Morgan fingerprint density at radius 1 is 1.23 bits per heavy atom. The zero-order chi connectivity index (χ0) is 15.9. The van der Waals surface area contributed by atoms with Crippen molar-refractivity contribution in [2.75, 3.05) is 0 Å². The van der Waals surface area contributed by atoms with Crippen molar-refractivity contribution in [1.82, 2.24) is 5.32 Å². The molecule has 0 aromatic heterocycles. The molecule has 0 radical (unpaired) electrons. The fourth-order valence-electron chi connectivity index (χ4n) is 3.69. The summed E-state index contributed by atoms with van der Waals surface area (Å²) in [6.45, 7) is 5.98. The molecule has 22 heavy (non-hydrogen) atoms. The summed E-state index contributed by atoms with van der Waals surface area (Å²) in [5, 5.41) is 2.91. The number of amides is 1. The zero-order valence-corrected chi connectivity index (χ0v) is 13.2. The molecule has 1 N–H and O–H groups in total. The van der Waals surface area contributed by atoms with Crippen LogP contribution >= 0.6 is 0 Å². The summed E-state index contributed by atoms with van der Waals surface area (Å²) >= 11 is 0. The van der Waals surface area contributed by atoms with E-state index in [1.807, 2.05) is 30.3 Å². The Labute approximate surface area is 131 Å². The van der Waals surface area contributed by atoms with E-state index >= 15 is 0 Å². The van der Waals surface area contributed by atoms with Gasteiger partial charge in [-0.15, -0.1) is 0 Å². The van der Waals surface area contributed by atoms with Crippen molar-refractivity contribution < 1.29 is 9.59 Å². The highest BCUT2D eigenvalue weighted by molar-refractivity contribution is 5.99. The predicted octanol–water partition coefficient (Wildman–Crippen LogP) is 3.34. The van der Waals surface area contributed by atoms with Gasteiger partial charge in [-0.1, -0.05) is 44.2 Å². The van der Waals surface area contributed by atoms with Crippen molar-refractivity contribution in [1.29, 1.82) is 0 Å². The van der Waals surface area contributed by atoms with Crippen LogP contribution in [0.25, 0.3) is 6.08 Å². The maximum absolute atomic E-state index is 12.1. The average molecular weight is 295 g/mol. The van der Waals surface area contributed by atoms with E-state index in [1.165, 1.54) is 6.08 Å². The molecule has 0 bridgehead atoms. The Morgan fingerprint density at radius 3 is 2.55 bits per heavy atom. The number of nitrogens with one attached hydrogen (secondary N) is 1. The molecular formula is C19H21NO2. The number of Topliss-reactive ketones (excluding diaryl/α,β-unsaturated/α-hetero) is 1. The van der Waals surface area contributed by atoms with Crippen molar-refractivity contribution in [3.63, 3.8) is 0 Å². The molecule has 1 amide bonds. The van der Waals surface area contributed by atoms with Crippen molar-refractivity contribution in [2.24, 2.45) is 17.3 Å². The van der Waals surface area contributed by atoms with E-state index in [-0.39, 0.29) is 17.1 Å². The van der Waals surface area contributed by atoms with Gasteiger partial charge < -0.3 is 5.32 Å². The van der Waals surface area contributed by atoms with Crippen LogP contribution < -0.4 is 5.32 Å². The Hall–Kier alpha value is -2.16.